The zero-order chi connectivity index (χ0) is 10.5. The summed E-state index contributed by atoms with van der Waals surface area (Å²) in [6, 6.07) is 1.86. The summed E-state index contributed by atoms with van der Waals surface area (Å²) in [6.45, 7) is 2.19. The molecule has 1 aromatic rings. The zero-order valence-electron chi connectivity index (χ0n) is 8.56. The molecule has 2 N–H and O–H groups in total. The van der Waals surface area contributed by atoms with Gasteiger partial charge in [-0.2, -0.15) is 0 Å². The van der Waals surface area contributed by atoms with E-state index in [1.54, 1.807) is 18.0 Å². The van der Waals surface area contributed by atoms with Crippen LogP contribution in [0.4, 0.5) is 0 Å². The molecule has 0 bridgehead atoms. The van der Waals surface area contributed by atoms with Gasteiger partial charge < -0.3 is 10.5 Å². The molecular weight excluding hydrogens is 210 g/mol. The average Bonchev–Trinajstić information content (AvgIpc) is 2.31. The third-order valence-corrected chi connectivity index (χ3v) is 3.55. The van der Waals surface area contributed by atoms with Crippen molar-refractivity contribution in [2.24, 2.45) is 5.73 Å². The average molecular weight is 225 g/mol. The van der Waals surface area contributed by atoms with E-state index in [0.717, 1.165) is 36.9 Å². The van der Waals surface area contributed by atoms with Gasteiger partial charge in [-0.1, -0.05) is 11.8 Å². The van der Waals surface area contributed by atoms with E-state index in [-0.39, 0.29) is 0 Å². The van der Waals surface area contributed by atoms with Crippen LogP contribution in [0.3, 0.4) is 0 Å². The monoisotopic (exact) mass is 225 g/mol. The van der Waals surface area contributed by atoms with Gasteiger partial charge in [-0.25, -0.2) is 9.97 Å². The molecule has 0 unspecified atom stereocenters. The standard InChI is InChI=1S/C10H15N3OS/c11-7-8-1-4-12-10(13-8)15-9-2-5-14-6-3-9/h1,4,9H,2-3,5-7,11H2. The minimum atomic E-state index is 0.476. The molecule has 1 aromatic heterocycles. The zero-order valence-corrected chi connectivity index (χ0v) is 9.37. The Bertz CT molecular complexity index is 315. The molecule has 1 saturated heterocycles. The van der Waals surface area contributed by atoms with Crippen LogP contribution in [0.25, 0.3) is 0 Å². The van der Waals surface area contributed by atoms with Crippen molar-refractivity contribution >= 4 is 11.8 Å². The Labute approximate surface area is 93.6 Å². The van der Waals surface area contributed by atoms with Crippen molar-refractivity contribution in [2.75, 3.05) is 13.2 Å². The lowest BCUT2D eigenvalue weighted by atomic mass is 10.2. The molecule has 0 radical (unpaired) electrons. The number of thioether (sulfide) groups is 1. The summed E-state index contributed by atoms with van der Waals surface area (Å²) in [4.78, 5) is 8.61. The summed E-state index contributed by atoms with van der Waals surface area (Å²) < 4.78 is 5.31. The predicted octanol–water partition coefficient (Wildman–Crippen LogP) is 1.21. The molecule has 0 spiro atoms. The van der Waals surface area contributed by atoms with Crippen molar-refractivity contribution in [3.8, 4) is 0 Å². The maximum Gasteiger partial charge on any atom is 0.188 e. The molecule has 0 aliphatic carbocycles. The third-order valence-electron chi connectivity index (χ3n) is 2.34. The van der Waals surface area contributed by atoms with Gasteiger partial charge in [-0.15, -0.1) is 0 Å². The maximum atomic E-state index is 5.53. The molecule has 0 atom stereocenters. The van der Waals surface area contributed by atoms with Crippen molar-refractivity contribution < 1.29 is 4.74 Å². The van der Waals surface area contributed by atoms with E-state index >= 15 is 0 Å². The molecule has 15 heavy (non-hydrogen) atoms. The largest absolute Gasteiger partial charge is 0.381 e. The number of hydrogen-bond donors (Lipinski definition) is 1. The highest BCUT2D eigenvalue weighted by Gasteiger charge is 2.16. The van der Waals surface area contributed by atoms with Crippen LogP contribution in [0, 0.1) is 0 Å². The van der Waals surface area contributed by atoms with Crippen molar-refractivity contribution in [3.05, 3.63) is 18.0 Å². The second-order valence-electron chi connectivity index (χ2n) is 3.46. The maximum absolute atomic E-state index is 5.53. The molecule has 1 aliphatic heterocycles. The summed E-state index contributed by atoms with van der Waals surface area (Å²) in [7, 11) is 0. The molecule has 0 saturated carbocycles. The first kappa shape index (κ1) is 10.9. The lowest BCUT2D eigenvalue weighted by Gasteiger charge is -2.20. The van der Waals surface area contributed by atoms with E-state index in [4.69, 9.17) is 10.5 Å². The Morgan fingerprint density at radius 1 is 1.47 bits per heavy atom. The Morgan fingerprint density at radius 2 is 2.27 bits per heavy atom. The highest BCUT2D eigenvalue weighted by Crippen LogP contribution is 2.26. The fourth-order valence-corrected chi connectivity index (χ4v) is 2.51. The smallest absolute Gasteiger partial charge is 0.188 e. The van der Waals surface area contributed by atoms with Gasteiger partial charge >= 0.3 is 0 Å². The topological polar surface area (TPSA) is 61.0 Å². The van der Waals surface area contributed by atoms with Crippen molar-refractivity contribution in [2.45, 2.75) is 29.8 Å². The van der Waals surface area contributed by atoms with Crippen LogP contribution < -0.4 is 5.73 Å². The first-order valence-electron chi connectivity index (χ1n) is 5.15. The quantitative estimate of drug-likeness (QED) is 0.783. The molecule has 82 valence electrons. The molecule has 4 nitrogen and oxygen atoms in total. The molecule has 5 heteroatoms. The van der Waals surface area contributed by atoms with Crippen LogP contribution in [0.5, 0.6) is 0 Å². The minimum Gasteiger partial charge on any atom is -0.381 e. The van der Waals surface area contributed by atoms with Crippen LogP contribution in [-0.2, 0) is 11.3 Å². The summed E-state index contributed by atoms with van der Waals surface area (Å²) in [5, 5.41) is 1.43. The van der Waals surface area contributed by atoms with Crippen LogP contribution in [-0.4, -0.2) is 28.4 Å². The lowest BCUT2D eigenvalue weighted by molar-refractivity contribution is 0.1000. The van der Waals surface area contributed by atoms with Gasteiger partial charge in [0.25, 0.3) is 0 Å². The van der Waals surface area contributed by atoms with Gasteiger partial charge in [0.05, 0.1) is 5.69 Å². The second kappa shape index (κ2) is 5.44. The molecular formula is C10H15N3OS. The van der Waals surface area contributed by atoms with Crippen molar-refractivity contribution in [1.82, 2.24) is 9.97 Å². The highest BCUT2D eigenvalue weighted by atomic mass is 32.2. The van der Waals surface area contributed by atoms with Crippen LogP contribution >= 0.6 is 11.8 Å². The van der Waals surface area contributed by atoms with E-state index in [1.165, 1.54) is 0 Å². The SMILES string of the molecule is NCc1ccnc(SC2CCOCC2)n1. The summed E-state index contributed by atoms with van der Waals surface area (Å²) >= 11 is 1.74. The van der Waals surface area contributed by atoms with Crippen LogP contribution in [0.1, 0.15) is 18.5 Å². The molecule has 0 aromatic carbocycles. The number of rotatable bonds is 3. The van der Waals surface area contributed by atoms with Gasteiger partial charge in [0.15, 0.2) is 5.16 Å². The van der Waals surface area contributed by atoms with Gasteiger partial charge in [0.2, 0.25) is 0 Å². The number of nitrogens with zero attached hydrogens (tertiary/aromatic N) is 2. The van der Waals surface area contributed by atoms with Gasteiger partial charge in [-0.05, 0) is 18.9 Å². The van der Waals surface area contributed by atoms with Crippen molar-refractivity contribution in [3.63, 3.8) is 0 Å². The predicted molar refractivity (Wildman–Crippen MR) is 59.6 cm³/mol. The third kappa shape index (κ3) is 3.15. The van der Waals surface area contributed by atoms with Gasteiger partial charge in [-0.3, -0.25) is 0 Å². The second-order valence-corrected chi connectivity index (χ2v) is 4.73. The van der Waals surface area contributed by atoms with E-state index < -0.39 is 0 Å². The lowest BCUT2D eigenvalue weighted by Crippen LogP contribution is -2.17. The van der Waals surface area contributed by atoms with E-state index in [9.17, 15) is 0 Å². The number of aromatic nitrogens is 2. The Morgan fingerprint density at radius 3 is 3.00 bits per heavy atom. The molecule has 1 fully saturated rings. The summed E-state index contributed by atoms with van der Waals surface area (Å²) in [5.74, 6) is 0. The van der Waals surface area contributed by atoms with E-state index in [2.05, 4.69) is 9.97 Å². The first-order chi connectivity index (χ1) is 7.38. The molecule has 2 rings (SSSR count). The van der Waals surface area contributed by atoms with Gasteiger partial charge in [0.1, 0.15) is 0 Å². The number of nitrogens with two attached hydrogens (primary N) is 1. The fourth-order valence-electron chi connectivity index (χ4n) is 1.49. The minimum absolute atomic E-state index is 0.476. The fraction of sp³-hybridized carbons (Fsp3) is 0.600. The van der Waals surface area contributed by atoms with Crippen LogP contribution in [0.2, 0.25) is 0 Å². The van der Waals surface area contributed by atoms with Crippen molar-refractivity contribution in [1.29, 1.82) is 0 Å². The van der Waals surface area contributed by atoms with E-state index in [1.807, 2.05) is 6.07 Å². The molecule has 1 aliphatic rings. The molecule has 2 heterocycles. The normalized spacial score (nSPS) is 17.9. The van der Waals surface area contributed by atoms with E-state index in [0.29, 0.717) is 11.8 Å². The first-order valence-corrected chi connectivity index (χ1v) is 6.03. The van der Waals surface area contributed by atoms with Crippen LogP contribution in [0.15, 0.2) is 17.4 Å². The molecule has 0 amide bonds. The highest BCUT2D eigenvalue weighted by molar-refractivity contribution is 7.99. The number of hydrogen-bond acceptors (Lipinski definition) is 5. The Balaban J connectivity index is 1.96. The summed E-state index contributed by atoms with van der Waals surface area (Å²) in [5.41, 5.74) is 6.43. The Kier molecular flexibility index (Phi) is 3.94. The Hall–Kier alpha value is -0.650. The van der Waals surface area contributed by atoms with Gasteiger partial charge in [0, 0.05) is 31.2 Å². The summed E-state index contributed by atoms with van der Waals surface area (Å²) in [6.07, 6.45) is 3.94. The number of ether oxygens (including phenoxy) is 1.